The number of hydrogen-bond acceptors (Lipinski definition) is 2. The number of rotatable bonds is 8. The average Bonchev–Trinajstić information content (AvgIpc) is 3.92. The van der Waals surface area contributed by atoms with Crippen molar-refractivity contribution in [2.24, 2.45) is 0 Å². The Bertz CT molecular complexity index is 3550. The van der Waals surface area contributed by atoms with Crippen LogP contribution in [0.4, 0.5) is 17.1 Å². The number of benzene rings is 10. The molecule has 0 fully saturated rings. The maximum Gasteiger partial charge on any atom is 0.143 e. The van der Waals surface area contributed by atoms with Crippen molar-refractivity contribution < 1.29 is 4.42 Å². The third kappa shape index (κ3) is 6.38. The summed E-state index contributed by atoms with van der Waals surface area (Å²) in [5.74, 6) is 0. The van der Waals surface area contributed by atoms with Gasteiger partial charge in [-0.15, -0.1) is 0 Å². The second kappa shape index (κ2) is 15.3. The minimum atomic E-state index is 0.877. The maximum absolute atomic E-state index is 6.67. The first-order valence-electron chi connectivity index (χ1n) is 21.5. The minimum absolute atomic E-state index is 0.877. The molecule has 2 aromatic heterocycles. The number of fused-ring (bicyclic) bond motifs is 6. The number of furan rings is 1. The number of anilines is 3. The Balaban J connectivity index is 0.957. The molecular formula is C60H40N2O. The number of para-hydroxylation sites is 3. The molecule has 0 atom stereocenters. The summed E-state index contributed by atoms with van der Waals surface area (Å²) in [5.41, 5.74) is 17.7. The Labute approximate surface area is 366 Å². The predicted octanol–water partition coefficient (Wildman–Crippen LogP) is 16.8. The van der Waals surface area contributed by atoms with Gasteiger partial charge in [0.05, 0.1) is 11.0 Å². The monoisotopic (exact) mass is 804 g/mol. The molecule has 63 heavy (non-hydrogen) atoms. The molecule has 0 aliphatic heterocycles. The Morgan fingerprint density at radius 3 is 1.52 bits per heavy atom. The van der Waals surface area contributed by atoms with E-state index >= 15 is 0 Å². The second-order valence-electron chi connectivity index (χ2n) is 16.1. The van der Waals surface area contributed by atoms with Crippen LogP contribution in [0.5, 0.6) is 0 Å². The summed E-state index contributed by atoms with van der Waals surface area (Å²) >= 11 is 0. The lowest BCUT2D eigenvalue weighted by molar-refractivity contribution is 0.670. The van der Waals surface area contributed by atoms with Crippen molar-refractivity contribution in [3.8, 4) is 50.2 Å². The van der Waals surface area contributed by atoms with Crippen molar-refractivity contribution in [1.29, 1.82) is 0 Å². The molecule has 0 aliphatic carbocycles. The molecule has 0 radical (unpaired) electrons. The summed E-state index contributed by atoms with van der Waals surface area (Å²) in [7, 11) is 0. The topological polar surface area (TPSA) is 21.3 Å². The highest BCUT2D eigenvalue weighted by molar-refractivity contribution is 6.15. The summed E-state index contributed by atoms with van der Waals surface area (Å²) < 4.78 is 9.05. The first-order valence-corrected chi connectivity index (χ1v) is 21.5. The zero-order chi connectivity index (χ0) is 41.7. The molecular weight excluding hydrogens is 765 g/mol. The first kappa shape index (κ1) is 36.5. The van der Waals surface area contributed by atoms with Crippen molar-refractivity contribution in [2.45, 2.75) is 0 Å². The summed E-state index contributed by atoms with van der Waals surface area (Å²) in [5, 5.41) is 4.75. The van der Waals surface area contributed by atoms with Crippen molar-refractivity contribution in [3.05, 3.63) is 243 Å². The molecule has 0 aliphatic rings. The van der Waals surface area contributed by atoms with Crippen LogP contribution in [-0.4, -0.2) is 4.57 Å². The van der Waals surface area contributed by atoms with Gasteiger partial charge in [-0.1, -0.05) is 176 Å². The van der Waals surface area contributed by atoms with Crippen LogP contribution >= 0.6 is 0 Å². The molecule has 10 aromatic carbocycles. The number of nitrogens with zero attached hydrogens (tertiary/aromatic N) is 2. The Morgan fingerprint density at radius 1 is 0.317 bits per heavy atom. The van der Waals surface area contributed by atoms with Crippen LogP contribution in [0.3, 0.4) is 0 Å². The molecule has 0 unspecified atom stereocenters. The Morgan fingerprint density at radius 2 is 0.825 bits per heavy atom. The summed E-state index contributed by atoms with van der Waals surface area (Å²) in [6, 6.07) is 86.9. The van der Waals surface area contributed by atoms with Gasteiger partial charge in [0.15, 0.2) is 0 Å². The molecule has 0 spiro atoms. The minimum Gasteiger partial charge on any atom is -0.455 e. The SMILES string of the molecule is c1ccc(-c2ccc(N(c3ccc(-c4cccc(-n5c6ccccc6c6ccccc65)c4)cc3)c3cccc(-c4cccc5oc6c(-c7ccccc7)cccc6c45)c3)cc2)cc1. The van der Waals surface area contributed by atoms with Gasteiger partial charge >= 0.3 is 0 Å². The lowest BCUT2D eigenvalue weighted by Gasteiger charge is -2.26. The van der Waals surface area contributed by atoms with Gasteiger partial charge in [0.2, 0.25) is 0 Å². The molecule has 3 heteroatoms. The quantitative estimate of drug-likeness (QED) is 0.153. The standard InChI is InChI=1S/C60H40N2O/c1-3-15-41(16-4-1)42-31-35-47(36-32-42)61(48-37-33-43(34-38-48)45-19-11-22-50(39-45)62-56-28-9-7-23-53(56)54-24-8-10-29-57(54)62)49-21-12-20-46(40-49)51-25-14-30-58-59(51)55-27-13-26-52(60(55)63-58)44-17-5-2-6-18-44/h1-40H. The molecule has 3 nitrogen and oxygen atoms in total. The lowest BCUT2D eigenvalue weighted by atomic mass is 9.97. The highest BCUT2D eigenvalue weighted by Gasteiger charge is 2.19. The fourth-order valence-electron chi connectivity index (χ4n) is 9.45. The molecule has 0 amide bonds. The summed E-state index contributed by atoms with van der Waals surface area (Å²) in [4.78, 5) is 2.36. The van der Waals surface area contributed by atoms with Crippen LogP contribution in [-0.2, 0) is 0 Å². The van der Waals surface area contributed by atoms with Crippen LogP contribution in [0, 0.1) is 0 Å². The van der Waals surface area contributed by atoms with Crippen LogP contribution in [0.2, 0.25) is 0 Å². The van der Waals surface area contributed by atoms with E-state index in [9.17, 15) is 0 Å². The highest BCUT2D eigenvalue weighted by Crippen LogP contribution is 2.43. The number of hydrogen-bond donors (Lipinski definition) is 0. The zero-order valence-corrected chi connectivity index (χ0v) is 34.4. The first-order chi connectivity index (χ1) is 31.2. The predicted molar refractivity (Wildman–Crippen MR) is 264 cm³/mol. The Kier molecular flexibility index (Phi) is 8.83. The second-order valence-corrected chi connectivity index (χ2v) is 16.1. The fraction of sp³-hybridized carbons (Fsp3) is 0. The third-order valence-electron chi connectivity index (χ3n) is 12.4. The fourth-order valence-corrected chi connectivity index (χ4v) is 9.45. The van der Waals surface area contributed by atoms with E-state index in [1.165, 1.54) is 32.9 Å². The molecule has 0 saturated carbocycles. The van der Waals surface area contributed by atoms with E-state index in [-0.39, 0.29) is 0 Å². The van der Waals surface area contributed by atoms with Gasteiger partial charge in [0, 0.05) is 49.9 Å². The van der Waals surface area contributed by atoms with E-state index in [4.69, 9.17) is 4.42 Å². The lowest BCUT2D eigenvalue weighted by Crippen LogP contribution is -2.10. The van der Waals surface area contributed by atoms with Crippen LogP contribution < -0.4 is 4.90 Å². The van der Waals surface area contributed by atoms with Crippen LogP contribution in [0.15, 0.2) is 247 Å². The van der Waals surface area contributed by atoms with Gasteiger partial charge in [-0.2, -0.15) is 0 Å². The largest absolute Gasteiger partial charge is 0.455 e. The van der Waals surface area contributed by atoms with Gasteiger partial charge in [0.1, 0.15) is 11.2 Å². The third-order valence-corrected chi connectivity index (χ3v) is 12.4. The highest BCUT2D eigenvalue weighted by atomic mass is 16.3. The van der Waals surface area contributed by atoms with Crippen molar-refractivity contribution in [1.82, 2.24) is 4.57 Å². The van der Waals surface area contributed by atoms with Gasteiger partial charge in [-0.05, 0) is 106 Å². The maximum atomic E-state index is 6.67. The Hall–Kier alpha value is -8.40. The van der Waals surface area contributed by atoms with Crippen LogP contribution in [0.25, 0.3) is 93.9 Å². The summed E-state index contributed by atoms with van der Waals surface area (Å²) in [6.45, 7) is 0. The van der Waals surface area contributed by atoms with E-state index in [1.54, 1.807) is 0 Å². The molecule has 0 saturated heterocycles. The summed E-state index contributed by atoms with van der Waals surface area (Å²) in [6.07, 6.45) is 0. The van der Waals surface area contributed by atoms with Crippen molar-refractivity contribution in [3.63, 3.8) is 0 Å². The van der Waals surface area contributed by atoms with Gasteiger partial charge in [-0.3, -0.25) is 0 Å². The van der Waals surface area contributed by atoms with Crippen molar-refractivity contribution >= 4 is 60.8 Å². The van der Waals surface area contributed by atoms with Crippen molar-refractivity contribution in [2.75, 3.05) is 4.90 Å². The van der Waals surface area contributed by atoms with E-state index in [0.717, 1.165) is 78.1 Å². The number of aromatic nitrogens is 1. The van der Waals surface area contributed by atoms with E-state index in [1.807, 2.05) is 0 Å². The van der Waals surface area contributed by atoms with E-state index in [2.05, 4.69) is 252 Å². The normalized spacial score (nSPS) is 11.5. The van der Waals surface area contributed by atoms with E-state index < -0.39 is 0 Å². The molecule has 0 N–H and O–H groups in total. The smallest absolute Gasteiger partial charge is 0.143 e. The average molecular weight is 805 g/mol. The molecule has 296 valence electrons. The molecule has 0 bridgehead atoms. The van der Waals surface area contributed by atoms with E-state index in [0.29, 0.717) is 0 Å². The molecule has 12 rings (SSSR count). The van der Waals surface area contributed by atoms with Crippen LogP contribution in [0.1, 0.15) is 0 Å². The molecule has 12 aromatic rings. The van der Waals surface area contributed by atoms with Gasteiger partial charge < -0.3 is 13.9 Å². The molecule has 2 heterocycles. The van der Waals surface area contributed by atoms with Gasteiger partial charge in [0.25, 0.3) is 0 Å². The zero-order valence-electron chi connectivity index (χ0n) is 34.4. The van der Waals surface area contributed by atoms with Gasteiger partial charge in [-0.25, -0.2) is 0 Å².